The molecule has 0 aromatic carbocycles. The maximum atomic E-state index is 12.7. The predicted octanol–water partition coefficient (Wildman–Crippen LogP) is 1.70. The molecule has 1 rings (SSSR count). The number of carbonyl (C=O) groups is 1. The lowest BCUT2D eigenvalue weighted by atomic mass is 10.1. The summed E-state index contributed by atoms with van der Waals surface area (Å²) in [5.74, 6) is -1.25. The van der Waals surface area contributed by atoms with Gasteiger partial charge in [-0.3, -0.25) is 4.79 Å². The Labute approximate surface area is 86.5 Å². The van der Waals surface area contributed by atoms with E-state index < -0.39 is 24.1 Å². The highest BCUT2D eigenvalue weighted by Gasteiger charge is 2.21. The zero-order valence-corrected chi connectivity index (χ0v) is 8.55. The minimum atomic E-state index is -0.948. The highest BCUT2D eigenvalue weighted by Crippen LogP contribution is 2.06. The molecule has 0 aliphatic heterocycles. The first-order chi connectivity index (χ1) is 6.94. The van der Waals surface area contributed by atoms with Gasteiger partial charge >= 0.3 is 0 Å². The summed E-state index contributed by atoms with van der Waals surface area (Å²) >= 11 is 0. The molecule has 15 heavy (non-hydrogen) atoms. The van der Waals surface area contributed by atoms with Crippen molar-refractivity contribution in [2.45, 2.75) is 19.4 Å². The monoisotopic (exact) mass is 214 g/mol. The molecule has 0 aliphatic rings. The van der Waals surface area contributed by atoms with Crippen molar-refractivity contribution in [2.75, 3.05) is 6.67 Å². The molecule has 0 aliphatic carbocycles. The van der Waals surface area contributed by atoms with E-state index in [9.17, 15) is 13.6 Å². The van der Waals surface area contributed by atoms with E-state index in [4.69, 9.17) is 0 Å². The summed E-state index contributed by atoms with van der Waals surface area (Å²) in [6.45, 7) is 2.40. The lowest BCUT2D eigenvalue weighted by Gasteiger charge is -2.22. The van der Waals surface area contributed by atoms with Crippen molar-refractivity contribution in [2.24, 2.45) is 0 Å². The molecule has 1 aromatic rings. The summed E-state index contributed by atoms with van der Waals surface area (Å²) in [6.07, 6.45) is 1.19. The van der Waals surface area contributed by atoms with Gasteiger partial charge in [-0.15, -0.1) is 0 Å². The molecule has 0 fully saturated rings. The van der Waals surface area contributed by atoms with E-state index in [1.165, 1.54) is 12.3 Å². The molecule has 1 N–H and O–H groups in total. The van der Waals surface area contributed by atoms with Crippen molar-refractivity contribution >= 4 is 5.91 Å². The molecular weight excluding hydrogens is 202 g/mol. The molecule has 0 saturated heterocycles. The van der Waals surface area contributed by atoms with E-state index in [-0.39, 0.29) is 5.56 Å². The zero-order chi connectivity index (χ0) is 11.5. The van der Waals surface area contributed by atoms with Gasteiger partial charge in [0.1, 0.15) is 6.67 Å². The van der Waals surface area contributed by atoms with Crippen molar-refractivity contribution in [1.82, 2.24) is 10.3 Å². The van der Waals surface area contributed by atoms with Gasteiger partial charge in [-0.05, 0) is 19.9 Å². The lowest BCUT2D eigenvalue weighted by Crippen LogP contribution is -2.45. The fourth-order valence-corrected chi connectivity index (χ4v) is 0.957. The number of rotatable bonds is 3. The highest BCUT2D eigenvalue weighted by atomic mass is 19.1. The smallest absolute Gasteiger partial charge is 0.251 e. The van der Waals surface area contributed by atoms with Gasteiger partial charge in [0.15, 0.2) is 0 Å². The molecule has 3 nitrogen and oxygen atoms in total. The maximum Gasteiger partial charge on any atom is 0.251 e. The van der Waals surface area contributed by atoms with E-state index >= 15 is 0 Å². The summed E-state index contributed by atoms with van der Waals surface area (Å²) < 4.78 is 25.1. The quantitative estimate of drug-likeness (QED) is 0.778. The van der Waals surface area contributed by atoms with E-state index in [1.807, 2.05) is 0 Å². The largest absolute Gasteiger partial charge is 0.345 e. The summed E-state index contributed by atoms with van der Waals surface area (Å²) in [5.41, 5.74) is -0.819. The fourth-order valence-electron chi connectivity index (χ4n) is 0.957. The van der Waals surface area contributed by atoms with E-state index in [0.29, 0.717) is 0 Å². The van der Waals surface area contributed by atoms with Crippen LogP contribution in [0.3, 0.4) is 0 Å². The van der Waals surface area contributed by atoms with Crippen LogP contribution in [-0.2, 0) is 0 Å². The van der Waals surface area contributed by atoms with Gasteiger partial charge in [0.05, 0.1) is 5.54 Å². The molecule has 1 heterocycles. The second kappa shape index (κ2) is 4.33. The van der Waals surface area contributed by atoms with Crippen molar-refractivity contribution in [3.05, 3.63) is 29.8 Å². The van der Waals surface area contributed by atoms with Crippen LogP contribution in [0.2, 0.25) is 0 Å². The highest BCUT2D eigenvalue weighted by molar-refractivity contribution is 5.94. The molecule has 0 spiro atoms. The van der Waals surface area contributed by atoms with Crippen LogP contribution in [0.5, 0.6) is 0 Å². The topological polar surface area (TPSA) is 42.0 Å². The van der Waals surface area contributed by atoms with Gasteiger partial charge in [0.2, 0.25) is 5.95 Å². The number of carbonyl (C=O) groups excluding carboxylic acids is 1. The first-order valence-electron chi connectivity index (χ1n) is 4.45. The van der Waals surface area contributed by atoms with Crippen molar-refractivity contribution in [3.63, 3.8) is 0 Å². The van der Waals surface area contributed by atoms with Crippen LogP contribution >= 0.6 is 0 Å². The zero-order valence-electron chi connectivity index (χ0n) is 8.55. The molecule has 82 valence electrons. The van der Waals surface area contributed by atoms with Crippen molar-refractivity contribution in [3.8, 4) is 0 Å². The van der Waals surface area contributed by atoms with E-state index in [0.717, 1.165) is 6.07 Å². The second-order valence-corrected chi connectivity index (χ2v) is 3.84. The second-order valence-electron chi connectivity index (χ2n) is 3.84. The Bertz CT molecular complexity index is 366. The first-order valence-corrected chi connectivity index (χ1v) is 4.45. The summed E-state index contributed by atoms with van der Waals surface area (Å²) in [4.78, 5) is 14.8. The van der Waals surface area contributed by atoms with Crippen molar-refractivity contribution in [1.29, 1.82) is 0 Å². The number of alkyl halides is 1. The van der Waals surface area contributed by atoms with Gasteiger partial charge in [0, 0.05) is 17.8 Å². The minimum absolute atomic E-state index is 0.129. The molecular formula is C10H12F2N2O. The van der Waals surface area contributed by atoms with Crippen LogP contribution in [0.15, 0.2) is 18.3 Å². The van der Waals surface area contributed by atoms with Crippen LogP contribution < -0.4 is 5.32 Å². The number of hydrogen-bond acceptors (Lipinski definition) is 2. The number of halogens is 2. The number of amides is 1. The molecule has 0 saturated carbocycles. The first kappa shape index (κ1) is 11.6. The Morgan fingerprint density at radius 2 is 2.27 bits per heavy atom. The third-order valence-electron chi connectivity index (χ3n) is 1.77. The number of nitrogens with one attached hydrogen (secondary N) is 1. The van der Waals surface area contributed by atoms with Gasteiger partial charge in [-0.1, -0.05) is 0 Å². The van der Waals surface area contributed by atoms with Gasteiger partial charge in [-0.2, -0.15) is 4.39 Å². The summed E-state index contributed by atoms with van der Waals surface area (Å²) in [5, 5.41) is 2.44. The molecule has 0 unspecified atom stereocenters. The maximum absolute atomic E-state index is 12.7. The molecule has 0 bridgehead atoms. The Morgan fingerprint density at radius 1 is 1.60 bits per heavy atom. The van der Waals surface area contributed by atoms with E-state index in [2.05, 4.69) is 10.3 Å². The molecule has 5 heteroatoms. The van der Waals surface area contributed by atoms with Crippen LogP contribution in [-0.4, -0.2) is 23.1 Å². The van der Waals surface area contributed by atoms with Crippen LogP contribution in [0.25, 0.3) is 0 Å². The minimum Gasteiger partial charge on any atom is -0.345 e. The Kier molecular flexibility index (Phi) is 3.34. The standard InChI is InChI=1S/C10H12F2N2O/c1-10(2,6-11)14-9(15)7-3-4-13-8(12)5-7/h3-5H,6H2,1-2H3,(H,14,15). The summed E-state index contributed by atoms with van der Waals surface area (Å²) in [7, 11) is 0. The van der Waals surface area contributed by atoms with Crippen LogP contribution in [0, 0.1) is 5.95 Å². The van der Waals surface area contributed by atoms with Gasteiger partial charge < -0.3 is 5.32 Å². The van der Waals surface area contributed by atoms with Gasteiger partial charge in [0.25, 0.3) is 5.91 Å². The predicted molar refractivity (Wildman–Crippen MR) is 51.7 cm³/mol. The van der Waals surface area contributed by atoms with Crippen molar-refractivity contribution < 1.29 is 13.6 Å². The Morgan fingerprint density at radius 3 is 2.80 bits per heavy atom. The number of hydrogen-bond donors (Lipinski definition) is 1. The Balaban J connectivity index is 2.78. The average molecular weight is 214 g/mol. The van der Waals surface area contributed by atoms with Crippen LogP contribution in [0.4, 0.5) is 8.78 Å². The number of nitrogens with zero attached hydrogens (tertiary/aromatic N) is 1. The lowest BCUT2D eigenvalue weighted by molar-refractivity contribution is 0.0899. The van der Waals surface area contributed by atoms with Gasteiger partial charge in [-0.25, -0.2) is 9.37 Å². The Hall–Kier alpha value is -1.52. The fraction of sp³-hybridized carbons (Fsp3) is 0.400. The average Bonchev–Trinajstić information content (AvgIpc) is 2.17. The molecule has 1 amide bonds. The SMILES string of the molecule is CC(C)(CF)NC(=O)c1ccnc(F)c1. The molecule has 1 aromatic heterocycles. The number of pyridine rings is 1. The molecule has 0 atom stereocenters. The van der Waals surface area contributed by atoms with Crippen LogP contribution in [0.1, 0.15) is 24.2 Å². The van der Waals surface area contributed by atoms with E-state index in [1.54, 1.807) is 13.8 Å². The third-order valence-corrected chi connectivity index (χ3v) is 1.77. The third kappa shape index (κ3) is 3.27. The molecule has 0 radical (unpaired) electrons. The number of aromatic nitrogens is 1. The summed E-state index contributed by atoms with van der Waals surface area (Å²) in [6, 6.07) is 2.37. The normalized spacial score (nSPS) is 11.2.